The van der Waals surface area contributed by atoms with Crippen LogP contribution in [-0.2, 0) is 13.5 Å². The molecule has 5 heteroatoms. The molecule has 0 aromatic carbocycles. The van der Waals surface area contributed by atoms with E-state index in [0.29, 0.717) is 5.69 Å². The highest BCUT2D eigenvalue weighted by Crippen LogP contribution is 2.07. The number of nitrogens with zero attached hydrogens (tertiary/aromatic N) is 3. The highest BCUT2D eigenvalue weighted by Gasteiger charge is 2.00. The molecule has 0 unspecified atom stereocenters. The maximum absolute atomic E-state index is 5.57. The summed E-state index contributed by atoms with van der Waals surface area (Å²) in [5.74, 6) is 0.903. The van der Waals surface area contributed by atoms with Crippen molar-refractivity contribution < 1.29 is 0 Å². The molecule has 2 rings (SSSR count). The van der Waals surface area contributed by atoms with Crippen molar-refractivity contribution >= 4 is 11.5 Å². The number of nitrogen functional groups attached to an aromatic ring is 1. The van der Waals surface area contributed by atoms with E-state index in [4.69, 9.17) is 5.73 Å². The van der Waals surface area contributed by atoms with Crippen molar-refractivity contribution in [1.82, 2.24) is 14.8 Å². The number of pyridine rings is 1. The Morgan fingerprint density at radius 2 is 2.24 bits per heavy atom. The third-order valence-corrected chi connectivity index (χ3v) is 2.65. The molecule has 90 valence electrons. The van der Waals surface area contributed by atoms with Crippen molar-refractivity contribution in [3.05, 3.63) is 35.8 Å². The number of nitrogens with one attached hydrogen (secondary N) is 1. The number of rotatable bonds is 4. The molecule has 0 saturated heterocycles. The summed E-state index contributed by atoms with van der Waals surface area (Å²) in [4.78, 5) is 4.24. The highest BCUT2D eigenvalue weighted by atomic mass is 15.3. The third-order valence-electron chi connectivity index (χ3n) is 2.65. The Morgan fingerprint density at radius 1 is 1.41 bits per heavy atom. The van der Waals surface area contributed by atoms with Crippen LogP contribution in [0.3, 0.4) is 0 Å². The highest BCUT2D eigenvalue weighted by molar-refractivity contribution is 5.36. The second-order valence-corrected chi connectivity index (χ2v) is 4.05. The van der Waals surface area contributed by atoms with Gasteiger partial charge in [-0.1, -0.05) is 0 Å². The van der Waals surface area contributed by atoms with E-state index >= 15 is 0 Å². The topological polar surface area (TPSA) is 68.8 Å². The van der Waals surface area contributed by atoms with Crippen molar-refractivity contribution in [1.29, 1.82) is 0 Å². The molecule has 0 radical (unpaired) electrons. The minimum Gasteiger partial charge on any atom is -0.397 e. The van der Waals surface area contributed by atoms with Gasteiger partial charge in [-0.25, -0.2) is 0 Å². The lowest BCUT2D eigenvalue weighted by Gasteiger charge is -2.02. The van der Waals surface area contributed by atoms with Gasteiger partial charge in [0.2, 0.25) is 0 Å². The van der Waals surface area contributed by atoms with Crippen LogP contribution in [0.15, 0.2) is 24.4 Å². The molecular formula is C12H17N5. The Hall–Kier alpha value is -2.04. The van der Waals surface area contributed by atoms with Gasteiger partial charge >= 0.3 is 0 Å². The monoisotopic (exact) mass is 231 g/mol. The maximum atomic E-state index is 5.57. The number of hydrogen-bond donors (Lipinski definition) is 2. The Kier molecular flexibility index (Phi) is 3.27. The average Bonchev–Trinajstić information content (AvgIpc) is 2.61. The summed E-state index contributed by atoms with van der Waals surface area (Å²) >= 11 is 0. The number of nitrogens with two attached hydrogens (primary N) is 1. The van der Waals surface area contributed by atoms with E-state index in [1.54, 1.807) is 6.20 Å². The van der Waals surface area contributed by atoms with Gasteiger partial charge in [-0.05, 0) is 19.1 Å². The molecule has 0 saturated carbocycles. The van der Waals surface area contributed by atoms with E-state index in [1.807, 2.05) is 36.9 Å². The summed E-state index contributed by atoms with van der Waals surface area (Å²) < 4.78 is 1.85. The van der Waals surface area contributed by atoms with E-state index in [-0.39, 0.29) is 0 Å². The predicted molar refractivity (Wildman–Crippen MR) is 68.8 cm³/mol. The fourth-order valence-electron chi connectivity index (χ4n) is 1.55. The van der Waals surface area contributed by atoms with Gasteiger partial charge in [0.15, 0.2) is 0 Å². The van der Waals surface area contributed by atoms with Crippen LogP contribution in [0.2, 0.25) is 0 Å². The Balaban J connectivity index is 1.85. The van der Waals surface area contributed by atoms with Crippen LogP contribution in [-0.4, -0.2) is 21.3 Å². The van der Waals surface area contributed by atoms with Gasteiger partial charge in [-0.3, -0.25) is 9.67 Å². The number of anilines is 2. The van der Waals surface area contributed by atoms with Crippen LogP contribution < -0.4 is 11.1 Å². The molecule has 0 atom stereocenters. The van der Waals surface area contributed by atoms with Crippen molar-refractivity contribution in [3.8, 4) is 0 Å². The SMILES string of the molecule is Cc1cc(NCCc2ccc(N)cn2)nn1C. The van der Waals surface area contributed by atoms with Crippen LogP contribution >= 0.6 is 0 Å². The van der Waals surface area contributed by atoms with Crippen LogP contribution in [0.1, 0.15) is 11.4 Å². The molecule has 0 amide bonds. The van der Waals surface area contributed by atoms with E-state index in [0.717, 1.165) is 30.2 Å². The van der Waals surface area contributed by atoms with Gasteiger partial charge in [-0.2, -0.15) is 5.10 Å². The smallest absolute Gasteiger partial charge is 0.148 e. The summed E-state index contributed by atoms with van der Waals surface area (Å²) in [5.41, 5.74) is 8.44. The molecule has 0 aliphatic heterocycles. The number of hydrogen-bond acceptors (Lipinski definition) is 4. The number of aryl methyl sites for hydroxylation is 2. The summed E-state index contributed by atoms with van der Waals surface area (Å²) in [6.07, 6.45) is 2.54. The summed E-state index contributed by atoms with van der Waals surface area (Å²) in [6.45, 7) is 2.84. The second-order valence-electron chi connectivity index (χ2n) is 4.05. The van der Waals surface area contributed by atoms with Crippen LogP contribution in [0.25, 0.3) is 0 Å². The van der Waals surface area contributed by atoms with Gasteiger partial charge in [-0.15, -0.1) is 0 Å². The van der Waals surface area contributed by atoms with Crippen LogP contribution in [0.5, 0.6) is 0 Å². The molecule has 0 aliphatic carbocycles. The van der Waals surface area contributed by atoms with E-state index in [1.165, 1.54) is 0 Å². The number of aromatic nitrogens is 3. The largest absolute Gasteiger partial charge is 0.397 e. The minimum atomic E-state index is 0.696. The van der Waals surface area contributed by atoms with Crippen molar-refractivity contribution in [2.75, 3.05) is 17.6 Å². The van der Waals surface area contributed by atoms with Gasteiger partial charge < -0.3 is 11.1 Å². The minimum absolute atomic E-state index is 0.696. The zero-order valence-corrected chi connectivity index (χ0v) is 10.1. The van der Waals surface area contributed by atoms with Crippen molar-refractivity contribution in [3.63, 3.8) is 0 Å². The van der Waals surface area contributed by atoms with Gasteiger partial charge in [0.1, 0.15) is 5.82 Å². The van der Waals surface area contributed by atoms with Gasteiger partial charge in [0.25, 0.3) is 0 Å². The molecule has 5 nitrogen and oxygen atoms in total. The van der Waals surface area contributed by atoms with Gasteiger partial charge in [0, 0.05) is 37.5 Å². The molecule has 2 heterocycles. The first-order valence-electron chi connectivity index (χ1n) is 5.60. The first-order valence-corrected chi connectivity index (χ1v) is 5.60. The normalized spacial score (nSPS) is 10.5. The van der Waals surface area contributed by atoms with Crippen LogP contribution in [0, 0.1) is 6.92 Å². The molecule has 0 spiro atoms. The first-order chi connectivity index (χ1) is 8.15. The zero-order valence-electron chi connectivity index (χ0n) is 10.1. The second kappa shape index (κ2) is 4.86. The predicted octanol–water partition coefficient (Wildman–Crippen LogP) is 1.36. The Morgan fingerprint density at radius 3 is 2.82 bits per heavy atom. The maximum Gasteiger partial charge on any atom is 0.148 e. The van der Waals surface area contributed by atoms with Crippen LogP contribution in [0.4, 0.5) is 11.5 Å². The lowest BCUT2D eigenvalue weighted by Crippen LogP contribution is -2.07. The van der Waals surface area contributed by atoms with Gasteiger partial charge in [0.05, 0.1) is 11.9 Å². The molecule has 2 aromatic rings. The molecule has 0 fully saturated rings. The summed E-state index contributed by atoms with van der Waals surface area (Å²) in [7, 11) is 1.93. The quantitative estimate of drug-likeness (QED) is 0.833. The van der Waals surface area contributed by atoms with Crippen molar-refractivity contribution in [2.45, 2.75) is 13.3 Å². The zero-order chi connectivity index (χ0) is 12.3. The molecule has 3 N–H and O–H groups in total. The fraction of sp³-hybridized carbons (Fsp3) is 0.333. The standard InChI is InChI=1S/C12H17N5/c1-9-7-12(16-17(9)2)14-6-5-11-4-3-10(13)8-15-11/h3-4,7-8H,5-6,13H2,1-2H3,(H,14,16). The summed E-state index contributed by atoms with van der Waals surface area (Å²) in [5, 5.41) is 7.59. The van der Waals surface area contributed by atoms with E-state index < -0.39 is 0 Å². The lowest BCUT2D eigenvalue weighted by atomic mass is 10.2. The fourth-order valence-corrected chi connectivity index (χ4v) is 1.55. The molecule has 17 heavy (non-hydrogen) atoms. The third kappa shape index (κ3) is 2.96. The van der Waals surface area contributed by atoms with E-state index in [2.05, 4.69) is 15.4 Å². The van der Waals surface area contributed by atoms with Crippen molar-refractivity contribution in [2.24, 2.45) is 7.05 Å². The Bertz CT molecular complexity index is 467. The first kappa shape index (κ1) is 11.4. The summed E-state index contributed by atoms with van der Waals surface area (Å²) in [6, 6.07) is 5.84. The van der Waals surface area contributed by atoms with E-state index in [9.17, 15) is 0 Å². The average molecular weight is 231 g/mol. The molecule has 0 bridgehead atoms. The lowest BCUT2D eigenvalue weighted by molar-refractivity contribution is 0.740. The molecular weight excluding hydrogens is 214 g/mol. The molecule has 0 aliphatic rings. The molecule has 2 aromatic heterocycles. The Labute approximate surface area is 101 Å².